The molecule has 146 valence electrons. The minimum Gasteiger partial charge on any atom is -0.546 e. The van der Waals surface area contributed by atoms with Gasteiger partial charge in [-0.3, -0.25) is 9.59 Å². The maximum Gasteiger partial charge on any atom is 0.329 e. The number of hydrogen-bond donors (Lipinski definition) is 2. The van der Waals surface area contributed by atoms with Crippen molar-refractivity contribution in [1.82, 2.24) is 10.7 Å². The molecule has 0 radical (unpaired) electrons. The highest BCUT2D eigenvalue weighted by atomic mass is 35.5. The van der Waals surface area contributed by atoms with Crippen molar-refractivity contribution in [2.45, 2.75) is 13.0 Å². The fourth-order valence-corrected chi connectivity index (χ4v) is 2.40. The average molecular weight is 403 g/mol. The molecule has 9 heteroatoms. The third kappa shape index (κ3) is 6.40. The lowest BCUT2D eigenvalue weighted by Gasteiger charge is -2.13. The van der Waals surface area contributed by atoms with Gasteiger partial charge in [0, 0.05) is 0 Å². The summed E-state index contributed by atoms with van der Waals surface area (Å²) in [5.74, 6) is -2.94. The van der Waals surface area contributed by atoms with E-state index in [2.05, 4.69) is 15.8 Å². The molecule has 28 heavy (non-hydrogen) atoms. The third-order valence-electron chi connectivity index (χ3n) is 3.53. The molecule has 2 N–H and O–H groups in total. The topological polar surface area (TPSA) is 120 Å². The maximum absolute atomic E-state index is 11.9. The van der Waals surface area contributed by atoms with Crippen LogP contribution >= 0.6 is 11.6 Å². The summed E-state index contributed by atoms with van der Waals surface area (Å²) in [4.78, 5) is 34.1. The van der Waals surface area contributed by atoms with Crippen molar-refractivity contribution in [3.63, 3.8) is 0 Å². The van der Waals surface area contributed by atoms with Gasteiger partial charge in [-0.15, -0.1) is 0 Å². The second-order valence-electron chi connectivity index (χ2n) is 5.66. The van der Waals surface area contributed by atoms with Crippen molar-refractivity contribution in [3.8, 4) is 5.75 Å². The first kappa shape index (κ1) is 20.9. The molecular formula is C19H17ClN3O5-. The normalized spacial score (nSPS) is 11.6. The van der Waals surface area contributed by atoms with Gasteiger partial charge in [0.05, 0.1) is 23.2 Å². The molecule has 0 bridgehead atoms. The Labute approximate surface area is 166 Å². The van der Waals surface area contributed by atoms with Gasteiger partial charge < -0.3 is 20.0 Å². The summed E-state index contributed by atoms with van der Waals surface area (Å²) in [5.41, 5.74) is 3.49. The largest absolute Gasteiger partial charge is 0.546 e. The second kappa shape index (κ2) is 10.1. The second-order valence-corrected chi connectivity index (χ2v) is 6.06. The molecule has 0 aliphatic heterocycles. The molecule has 2 amide bonds. The number of amides is 2. The van der Waals surface area contributed by atoms with Gasteiger partial charge in [-0.1, -0.05) is 41.9 Å². The van der Waals surface area contributed by atoms with E-state index >= 15 is 0 Å². The number of carbonyl (C=O) groups is 3. The summed E-state index contributed by atoms with van der Waals surface area (Å²) in [6, 6.07) is 13.3. The quantitative estimate of drug-likeness (QED) is 0.403. The van der Waals surface area contributed by atoms with Gasteiger partial charge in [-0.25, -0.2) is 5.43 Å². The molecule has 2 aromatic rings. The third-order valence-corrected chi connectivity index (χ3v) is 3.83. The zero-order chi connectivity index (χ0) is 20.5. The van der Waals surface area contributed by atoms with Crippen LogP contribution in [0.5, 0.6) is 5.75 Å². The summed E-state index contributed by atoms with van der Waals surface area (Å²) in [6.45, 7) is 1.13. The Bertz CT molecular complexity index is 886. The first-order valence-corrected chi connectivity index (χ1v) is 8.55. The molecule has 0 saturated heterocycles. The maximum atomic E-state index is 11.9. The highest BCUT2D eigenvalue weighted by molar-refractivity contribution is 6.35. The smallest absolute Gasteiger partial charge is 0.329 e. The van der Waals surface area contributed by atoms with Gasteiger partial charge in [0.15, 0.2) is 0 Å². The van der Waals surface area contributed by atoms with Gasteiger partial charge in [0.2, 0.25) is 0 Å². The molecule has 0 heterocycles. The van der Waals surface area contributed by atoms with Crippen LogP contribution in [0.25, 0.3) is 0 Å². The number of nitrogens with one attached hydrogen (secondary N) is 2. The van der Waals surface area contributed by atoms with Crippen molar-refractivity contribution >= 4 is 35.6 Å². The van der Waals surface area contributed by atoms with E-state index in [4.69, 9.17) is 16.3 Å². The Morgan fingerprint density at radius 3 is 2.54 bits per heavy atom. The Balaban J connectivity index is 1.87. The molecule has 0 spiro atoms. The molecule has 8 nitrogen and oxygen atoms in total. The Kier molecular flexibility index (Phi) is 7.53. The minimum atomic E-state index is -1.37. The van der Waals surface area contributed by atoms with E-state index in [1.165, 1.54) is 18.3 Å². The lowest BCUT2D eigenvalue weighted by atomic mass is 10.1. The fourth-order valence-electron chi connectivity index (χ4n) is 2.15. The number of hydrazone groups is 1. The number of carboxylic acids is 1. The number of ether oxygens (including phenoxy) is 1. The number of nitrogens with zero attached hydrogens (tertiary/aromatic N) is 1. The number of hydrogen-bond acceptors (Lipinski definition) is 6. The predicted octanol–water partition coefficient (Wildman–Crippen LogP) is 0.796. The summed E-state index contributed by atoms with van der Waals surface area (Å²) in [7, 11) is 0. The van der Waals surface area contributed by atoms with Gasteiger partial charge in [-0.05, 0) is 36.2 Å². The van der Waals surface area contributed by atoms with Crippen LogP contribution in [0, 0.1) is 0 Å². The van der Waals surface area contributed by atoms with Crippen LogP contribution in [0.1, 0.15) is 24.1 Å². The van der Waals surface area contributed by atoms with Crippen LogP contribution in [-0.2, 0) is 14.4 Å². The average Bonchev–Trinajstić information content (AvgIpc) is 2.67. The number of rotatable bonds is 7. The van der Waals surface area contributed by atoms with E-state index in [-0.39, 0.29) is 16.8 Å². The summed E-state index contributed by atoms with van der Waals surface area (Å²) < 4.78 is 4.94. The molecule has 2 aromatic carbocycles. The number of halogens is 1. The lowest BCUT2D eigenvalue weighted by molar-refractivity contribution is -0.307. The Morgan fingerprint density at radius 2 is 1.89 bits per heavy atom. The van der Waals surface area contributed by atoms with Crippen molar-refractivity contribution in [2.75, 3.05) is 6.61 Å². The molecule has 0 saturated carbocycles. The van der Waals surface area contributed by atoms with Gasteiger partial charge in [0.1, 0.15) is 12.4 Å². The van der Waals surface area contributed by atoms with E-state index in [0.717, 1.165) is 5.56 Å². The highest BCUT2D eigenvalue weighted by Crippen LogP contribution is 2.24. The fraction of sp³-hybridized carbons (Fsp3) is 0.158. The van der Waals surface area contributed by atoms with E-state index in [1.807, 2.05) is 30.3 Å². The van der Waals surface area contributed by atoms with E-state index < -0.39 is 24.4 Å². The molecule has 0 unspecified atom stereocenters. The van der Waals surface area contributed by atoms with Crippen molar-refractivity contribution in [3.05, 3.63) is 64.7 Å². The van der Waals surface area contributed by atoms with Crippen LogP contribution in [0.15, 0.2) is 53.6 Å². The summed E-state index contributed by atoms with van der Waals surface area (Å²) in [5, 5.41) is 16.8. The number of carboxylic acid groups (broad SMARTS) is 1. The first-order chi connectivity index (χ1) is 13.4. The van der Waals surface area contributed by atoms with Gasteiger partial charge in [-0.2, -0.15) is 5.10 Å². The lowest BCUT2D eigenvalue weighted by Crippen LogP contribution is -2.39. The minimum absolute atomic E-state index is 0.158. The Morgan fingerprint density at radius 1 is 1.18 bits per heavy atom. The number of carbonyl (C=O) groups excluding carboxylic acids is 3. The highest BCUT2D eigenvalue weighted by Gasteiger charge is 2.16. The van der Waals surface area contributed by atoms with Crippen LogP contribution in [0.4, 0.5) is 0 Å². The summed E-state index contributed by atoms with van der Waals surface area (Å²) in [6.07, 6.45) is 1.28. The molecule has 0 fully saturated rings. The van der Waals surface area contributed by atoms with Gasteiger partial charge >= 0.3 is 11.8 Å². The van der Waals surface area contributed by atoms with Crippen LogP contribution in [0.2, 0.25) is 5.02 Å². The monoisotopic (exact) mass is 402 g/mol. The molecule has 2 rings (SSSR count). The number of aliphatic carboxylic acids is 1. The molecule has 0 aromatic heterocycles. The van der Waals surface area contributed by atoms with Crippen molar-refractivity contribution in [1.29, 1.82) is 0 Å². The number of benzene rings is 2. The molecule has 0 aliphatic rings. The van der Waals surface area contributed by atoms with E-state index in [0.29, 0.717) is 5.56 Å². The predicted molar refractivity (Wildman–Crippen MR) is 101 cm³/mol. The van der Waals surface area contributed by atoms with E-state index in [1.54, 1.807) is 13.0 Å². The van der Waals surface area contributed by atoms with Gasteiger partial charge in [0.25, 0.3) is 0 Å². The van der Waals surface area contributed by atoms with Crippen molar-refractivity contribution in [2.24, 2.45) is 5.10 Å². The van der Waals surface area contributed by atoms with Crippen LogP contribution < -0.4 is 20.6 Å². The van der Waals surface area contributed by atoms with Crippen LogP contribution in [0.3, 0.4) is 0 Å². The molecule has 1 atom stereocenters. The van der Waals surface area contributed by atoms with Crippen molar-refractivity contribution < 1.29 is 24.2 Å². The SMILES string of the molecule is C[C@@H](NC(=O)C(=O)N/N=C\c1ccc(OCC(=O)[O-])c(Cl)c1)c1ccccc1. The molecule has 0 aliphatic carbocycles. The zero-order valence-corrected chi connectivity index (χ0v) is 15.6. The standard InChI is InChI=1S/C19H18ClN3O5/c1-12(14-5-3-2-4-6-14)22-18(26)19(27)23-21-10-13-7-8-16(15(20)9-13)28-11-17(24)25/h2-10,12H,11H2,1H3,(H,22,26)(H,23,27)(H,24,25)/p-1/b21-10-/t12-/m1/s1. The zero-order valence-electron chi connectivity index (χ0n) is 14.8. The molecular weight excluding hydrogens is 386 g/mol. The first-order valence-electron chi connectivity index (χ1n) is 8.18. The van der Waals surface area contributed by atoms with Crippen LogP contribution in [-0.4, -0.2) is 30.6 Å². The Hall–Kier alpha value is -3.39. The summed E-state index contributed by atoms with van der Waals surface area (Å²) >= 11 is 5.97. The van der Waals surface area contributed by atoms with E-state index in [9.17, 15) is 19.5 Å².